The molecule has 0 radical (unpaired) electrons. The Hall–Kier alpha value is -2.37. The van der Waals surface area contributed by atoms with Gasteiger partial charge in [0.1, 0.15) is 5.78 Å². The molecule has 1 aliphatic carbocycles. The molecule has 0 unspecified atom stereocenters. The summed E-state index contributed by atoms with van der Waals surface area (Å²) in [5.74, 6) is -0.806. The summed E-state index contributed by atoms with van der Waals surface area (Å²) >= 11 is 6.34. The van der Waals surface area contributed by atoms with Crippen LogP contribution in [-0.2, 0) is 11.3 Å². The number of fused-ring (bicyclic) bond motifs is 1. The van der Waals surface area contributed by atoms with Gasteiger partial charge in [0, 0.05) is 11.4 Å². The number of hydrogen-bond donors (Lipinski definition) is 2. The van der Waals surface area contributed by atoms with Crippen molar-refractivity contribution in [2.75, 3.05) is 0 Å². The van der Waals surface area contributed by atoms with E-state index in [0.717, 1.165) is 5.56 Å². The highest BCUT2D eigenvalue weighted by atomic mass is 35.5. The first-order chi connectivity index (χ1) is 13.0. The number of rotatable bonds is 3. The van der Waals surface area contributed by atoms with Crippen molar-refractivity contribution >= 4 is 23.4 Å². The van der Waals surface area contributed by atoms with Gasteiger partial charge in [0.05, 0.1) is 18.5 Å². The molecule has 1 saturated heterocycles. The Kier molecular flexibility index (Phi) is 4.66. The molecule has 0 bridgehead atoms. The quantitative estimate of drug-likeness (QED) is 0.848. The molecule has 3 atom stereocenters. The van der Waals surface area contributed by atoms with Gasteiger partial charge in [-0.15, -0.1) is 0 Å². The Morgan fingerprint density at radius 2 is 1.81 bits per heavy atom. The summed E-state index contributed by atoms with van der Waals surface area (Å²) in [6.07, 6.45) is 1.31. The van der Waals surface area contributed by atoms with Crippen molar-refractivity contribution in [1.82, 2.24) is 10.2 Å². The first kappa shape index (κ1) is 18.0. The zero-order chi connectivity index (χ0) is 19.0. The molecule has 2 fully saturated rings. The van der Waals surface area contributed by atoms with Gasteiger partial charge in [-0.1, -0.05) is 60.1 Å². The number of nitrogens with zero attached hydrogens (tertiary/aromatic N) is 1. The summed E-state index contributed by atoms with van der Waals surface area (Å²) in [6, 6.07) is 15.6. The molecular weight excluding hydrogens is 364 g/mol. The molecule has 0 spiro atoms. The molecule has 4 rings (SSSR count). The maximum Gasteiger partial charge on any atom is 0.320 e. The second-order valence-electron chi connectivity index (χ2n) is 7.20. The Morgan fingerprint density at radius 3 is 2.56 bits per heavy atom. The lowest BCUT2D eigenvalue weighted by Gasteiger charge is -2.53. The van der Waals surface area contributed by atoms with Crippen molar-refractivity contribution in [2.45, 2.75) is 37.6 Å². The van der Waals surface area contributed by atoms with Crippen molar-refractivity contribution in [1.29, 1.82) is 0 Å². The molecule has 2 aliphatic rings. The lowest BCUT2D eigenvalue weighted by molar-refractivity contribution is -0.180. The van der Waals surface area contributed by atoms with Crippen LogP contribution in [-0.4, -0.2) is 27.5 Å². The van der Waals surface area contributed by atoms with E-state index in [2.05, 4.69) is 5.32 Å². The number of carbonyl (C=O) groups is 2. The SMILES string of the molecule is O=C1CCC[C@@]2(O)[C@@H]1[C@H](c1ccccc1Cl)NC(=O)N2Cc1ccccc1. The van der Waals surface area contributed by atoms with Gasteiger partial charge in [-0.05, 0) is 30.0 Å². The third-order valence-electron chi connectivity index (χ3n) is 5.56. The van der Waals surface area contributed by atoms with E-state index in [1.165, 1.54) is 4.90 Å². The molecule has 2 aromatic rings. The fourth-order valence-corrected chi connectivity index (χ4v) is 4.53. The molecule has 5 nitrogen and oxygen atoms in total. The lowest BCUT2D eigenvalue weighted by atomic mass is 9.71. The lowest BCUT2D eigenvalue weighted by Crippen LogP contribution is -2.69. The first-order valence-electron chi connectivity index (χ1n) is 9.12. The monoisotopic (exact) mass is 384 g/mol. The number of amides is 2. The van der Waals surface area contributed by atoms with Crippen LogP contribution in [0.25, 0.3) is 0 Å². The average Bonchev–Trinajstić information content (AvgIpc) is 2.65. The van der Waals surface area contributed by atoms with Gasteiger partial charge in [-0.25, -0.2) is 4.79 Å². The fraction of sp³-hybridized carbons (Fsp3) is 0.333. The molecule has 1 saturated carbocycles. The number of Topliss-reactive ketones (excluding diaryl/α,β-unsaturated/α-hetero) is 1. The summed E-state index contributed by atoms with van der Waals surface area (Å²) < 4.78 is 0. The van der Waals surface area contributed by atoms with Gasteiger partial charge < -0.3 is 10.4 Å². The third kappa shape index (κ3) is 3.11. The average molecular weight is 385 g/mol. The van der Waals surface area contributed by atoms with Crippen LogP contribution in [0, 0.1) is 5.92 Å². The summed E-state index contributed by atoms with van der Waals surface area (Å²) in [7, 11) is 0. The van der Waals surface area contributed by atoms with Crippen LogP contribution in [0.15, 0.2) is 54.6 Å². The Bertz CT molecular complexity index is 873. The van der Waals surface area contributed by atoms with E-state index in [0.29, 0.717) is 29.8 Å². The number of nitrogens with one attached hydrogen (secondary N) is 1. The standard InChI is InChI=1S/C21H21ClN2O3/c22-16-10-5-4-9-15(16)19-18-17(25)11-6-12-21(18,27)24(20(26)23-19)13-14-7-2-1-3-8-14/h1-5,7-10,18-19,27H,6,11-13H2,(H,23,26)/t18-,19-,21+/m0/s1. The number of benzene rings is 2. The molecule has 2 amide bonds. The van der Waals surface area contributed by atoms with E-state index >= 15 is 0 Å². The molecule has 27 heavy (non-hydrogen) atoms. The molecule has 0 aromatic heterocycles. The van der Waals surface area contributed by atoms with Crippen LogP contribution in [0.3, 0.4) is 0 Å². The Morgan fingerprint density at radius 1 is 1.11 bits per heavy atom. The highest BCUT2D eigenvalue weighted by molar-refractivity contribution is 6.31. The molecule has 2 N–H and O–H groups in total. The summed E-state index contributed by atoms with van der Waals surface area (Å²) in [5, 5.41) is 15.0. The highest BCUT2D eigenvalue weighted by Crippen LogP contribution is 2.46. The van der Waals surface area contributed by atoms with Crippen LogP contribution < -0.4 is 5.32 Å². The maximum absolute atomic E-state index is 13.0. The normalized spacial score (nSPS) is 27.9. The fourth-order valence-electron chi connectivity index (χ4n) is 4.28. The van der Waals surface area contributed by atoms with Crippen molar-refractivity contribution in [3.63, 3.8) is 0 Å². The minimum Gasteiger partial charge on any atom is -0.370 e. The second-order valence-corrected chi connectivity index (χ2v) is 7.60. The molecular formula is C21H21ClN2O3. The van der Waals surface area contributed by atoms with Gasteiger partial charge in [0.25, 0.3) is 0 Å². The number of aliphatic hydroxyl groups is 1. The van der Waals surface area contributed by atoms with Gasteiger partial charge >= 0.3 is 6.03 Å². The summed E-state index contributed by atoms with van der Waals surface area (Å²) in [5.41, 5.74) is 0.0248. The number of carbonyl (C=O) groups excluding carboxylic acids is 2. The maximum atomic E-state index is 13.0. The zero-order valence-corrected chi connectivity index (χ0v) is 15.5. The number of urea groups is 1. The second kappa shape index (κ2) is 6.98. The van der Waals surface area contributed by atoms with Gasteiger partial charge in [-0.3, -0.25) is 9.69 Å². The number of hydrogen-bond acceptors (Lipinski definition) is 3. The van der Waals surface area contributed by atoms with E-state index in [9.17, 15) is 14.7 Å². The van der Waals surface area contributed by atoms with E-state index in [1.54, 1.807) is 18.2 Å². The molecule has 140 valence electrons. The Labute approximate surface area is 162 Å². The zero-order valence-electron chi connectivity index (χ0n) is 14.8. The number of ketones is 1. The van der Waals surface area contributed by atoms with Crippen molar-refractivity contribution in [3.05, 3.63) is 70.7 Å². The summed E-state index contributed by atoms with van der Waals surface area (Å²) in [4.78, 5) is 27.2. The van der Waals surface area contributed by atoms with Gasteiger partial charge in [0.15, 0.2) is 5.72 Å². The van der Waals surface area contributed by atoms with Crippen molar-refractivity contribution in [2.24, 2.45) is 5.92 Å². The molecule has 1 aliphatic heterocycles. The van der Waals surface area contributed by atoms with Crippen LogP contribution in [0.5, 0.6) is 0 Å². The minimum absolute atomic E-state index is 0.0493. The van der Waals surface area contributed by atoms with Crippen LogP contribution >= 0.6 is 11.6 Å². The van der Waals surface area contributed by atoms with E-state index in [4.69, 9.17) is 11.6 Å². The predicted octanol–water partition coefficient (Wildman–Crippen LogP) is 3.66. The van der Waals surface area contributed by atoms with Gasteiger partial charge in [-0.2, -0.15) is 0 Å². The van der Waals surface area contributed by atoms with Crippen molar-refractivity contribution in [3.8, 4) is 0 Å². The smallest absolute Gasteiger partial charge is 0.320 e. The third-order valence-corrected chi connectivity index (χ3v) is 5.91. The van der Waals surface area contributed by atoms with Crippen molar-refractivity contribution < 1.29 is 14.7 Å². The summed E-state index contributed by atoms with van der Waals surface area (Å²) in [6.45, 7) is 0.238. The van der Waals surface area contributed by atoms with Crippen LogP contribution in [0.2, 0.25) is 5.02 Å². The molecule has 1 heterocycles. The van der Waals surface area contributed by atoms with E-state index in [-0.39, 0.29) is 12.3 Å². The van der Waals surface area contributed by atoms with E-state index < -0.39 is 23.7 Å². The predicted molar refractivity (Wildman–Crippen MR) is 102 cm³/mol. The largest absolute Gasteiger partial charge is 0.370 e. The van der Waals surface area contributed by atoms with Crippen LogP contribution in [0.4, 0.5) is 4.79 Å². The van der Waals surface area contributed by atoms with Gasteiger partial charge in [0.2, 0.25) is 0 Å². The Balaban J connectivity index is 1.75. The van der Waals surface area contributed by atoms with E-state index in [1.807, 2.05) is 36.4 Å². The first-order valence-corrected chi connectivity index (χ1v) is 9.50. The molecule has 2 aromatic carbocycles. The topological polar surface area (TPSA) is 69.6 Å². The minimum atomic E-state index is -1.53. The van der Waals surface area contributed by atoms with Crippen LogP contribution in [0.1, 0.15) is 36.4 Å². The molecule has 6 heteroatoms. The highest BCUT2D eigenvalue weighted by Gasteiger charge is 2.57. The number of halogens is 1.